The van der Waals surface area contributed by atoms with Gasteiger partial charge in [-0.1, -0.05) is 30.3 Å². The standard InChI is InChI=1S/C19H29N3O2/c1-14-12-16(13-22(14)17-9-10-17)20-19(24)21-18(8-5-11-23)15-6-3-2-4-7-15/h2-4,6-7,14,16-18,23H,5,8-13H2,1H3,(H2,20,21,24). The zero-order valence-electron chi connectivity index (χ0n) is 14.4. The molecule has 1 saturated heterocycles. The van der Waals surface area contributed by atoms with Crippen molar-refractivity contribution in [2.45, 2.75) is 63.2 Å². The Morgan fingerprint density at radius 3 is 2.75 bits per heavy atom. The van der Waals surface area contributed by atoms with E-state index in [0.29, 0.717) is 12.5 Å². The van der Waals surface area contributed by atoms with Gasteiger partial charge >= 0.3 is 6.03 Å². The number of likely N-dealkylation sites (tertiary alicyclic amines) is 1. The normalized spacial score (nSPS) is 25.4. The Hall–Kier alpha value is -1.59. The number of nitrogens with one attached hydrogen (secondary N) is 2. The summed E-state index contributed by atoms with van der Waals surface area (Å²) in [6.07, 6.45) is 5.05. The first-order valence-corrected chi connectivity index (χ1v) is 9.16. The average molecular weight is 331 g/mol. The van der Waals surface area contributed by atoms with Crippen molar-refractivity contribution < 1.29 is 9.90 Å². The molecule has 3 rings (SSSR count). The van der Waals surface area contributed by atoms with Gasteiger partial charge in [0.2, 0.25) is 0 Å². The first-order valence-electron chi connectivity index (χ1n) is 9.16. The maximum atomic E-state index is 12.4. The summed E-state index contributed by atoms with van der Waals surface area (Å²) in [5, 5.41) is 15.3. The van der Waals surface area contributed by atoms with Gasteiger partial charge in [0.25, 0.3) is 0 Å². The maximum Gasteiger partial charge on any atom is 0.315 e. The molecule has 1 aliphatic heterocycles. The SMILES string of the molecule is CC1CC(NC(=O)NC(CCCO)c2ccccc2)CN1C1CC1. The van der Waals surface area contributed by atoms with E-state index in [2.05, 4.69) is 22.5 Å². The lowest BCUT2D eigenvalue weighted by atomic mass is 10.0. The molecule has 0 aromatic heterocycles. The molecule has 0 spiro atoms. The Morgan fingerprint density at radius 1 is 1.33 bits per heavy atom. The Balaban J connectivity index is 1.53. The number of amides is 2. The summed E-state index contributed by atoms with van der Waals surface area (Å²) in [6, 6.07) is 11.4. The van der Waals surface area contributed by atoms with E-state index in [9.17, 15) is 4.79 Å². The molecule has 2 fully saturated rings. The highest BCUT2D eigenvalue weighted by Crippen LogP contribution is 2.33. The Kier molecular flexibility index (Phi) is 5.74. The Labute approximate surface area is 144 Å². The number of urea groups is 1. The minimum atomic E-state index is -0.100. The third kappa shape index (κ3) is 4.48. The summed E-state index contributed by atoms with van der Waals surface area (Å²) in [4.78, 5) is 15.0. The summed E-state index contributed by atoms with van der Waals surface area (Å²) in [6.45, 7) is 3.36. The minimum absolute atomic E-state index is 0.0586. The van der Waals surface area contributed by atoms with E-state index in [1.54, 1.807) is 0 Å². The highest BCUT2D eigenvalue weighted by molar-refractivity contribution is 5.74. The van der Waals surface area contributed by atoms with E-state index in [4.69, 9.17) is 5.11 Å². The quantitative estimate of drug-likeness (QED) is 0.719. The van der Waals surface area contributed by atoms with Gasteiger partial charge in [0, 0.05) is 31.3 Å². The van der Waals surface area contributed by atoms with E-state index in [-0.39, 0.29) is 24.7 Å². The molecule has 0 bridgehead atoms. The van der Waals surface area contributed by atoms with E-state index < -0.39 is 0 Å². The first kappa shape index (κ1) is 17.2. The predicted octanol–water partition coefficient (Wildman–Crippen LogP) is 2.42. The number of aliphatic hydroxyl groups is 1. The van der Waals surface area contributed by atoms with Gasteiger partial charge < -0.3 is 15.7 Å². The third-order valence-electron chi connectivity index (χ3n) is 5.13. The molecule has 3 unspecified atom stereocenters. The van der Waals surface area contributed by atoms with Crippen molar-refractivity contribution in [1.82, 2.24) is 15.5 Å². The molecule has 1 aliphatic carbocycles. The fraction of sp³-hybridized carbons (Fsp3) is 0.632. The molecule has 132 valence electrons. The third-order valence-corrected chi connectivity index (χ3v) is 5.13. The van der Waals surface area contributed by atoms with Crippen molar-refractivity contribution in [3.05, 3.63) is 35.9 Å². The maximum absolute atomic E-state index is 12.4. The van der Waals surface area contributed by atoms with Crippen molar-refractivity contribution in [2.24, 2.45) is 0 Å². The van der Waals surface area contributed by atoms with Gasteiger partial charge in [0.15, 0.2) is 0 Å². The fourth-order valence-electron chi connectivity index (χ4n) is 3.76. The monoisotopic (exact) mass is 331 g/mol. The summed E-state index contributed by atoms with van der Waals surface area (Å²) >= 11 is 0. The molecule has 3 atom stereocenters. The zero-order chi connectivity index (χ0) is 16.9. The van der Waals surface area contributed by atoms with Gasteiger partial charge in [-0.25, -0.2) is 4.79 Å². The van der Waals surface area contributed by atoms with Crippen molar-refractivity contribution in [3.8, 4) is 0 Å². The molecular formula is C19H29N3O2. The van der Waals surface area contributed by atoms with E-state index in [0.717, 1.165) is 31.0 Å². The van der Waals surface area contributed by atoms with Crippen LogP contribution in [0.4, 0.5) is 4.79 Å². The number of aliphatic hydroxyl groups excluding tert-OH is 1. The lowest BCUT2D eigenvalue weighted by molar-refractivity contribution is 0.227. The molecule has 1 aromatic carbocycles. The predicted molar refractivity (Wildman–Crippen MR) is 94.8 cm³/mol. The van der Waals surface area contributed by atoms with Gasteiger partial charge in [0.05, 0.1) is 6.04 Å². The van der Waals surface area contributed by atoms with Gasteiger partial charge in [0.1, 0.15) is 0 Å². The van der Waals surface area contributed by atoms with Crippen LogP contribution in [0.1, 0.15) is 50.6 Å². The number of hydrogen-bond acceptors (Lipinski definition) is 3. The average Bonchev–Trinajstić information content (AvgIpc) is 3.36. The topological polar surface area (TPSA) is 64.6 Å². The summed E-state index contributed by atoms with van der Waals surface area (Å²) in [5.74, 6) is 0. The lowest BCUT2D eigenvalue weighted by Crippen LogP contribution is -2.44. The largest absolute Gasteiger partial charge is 0.396 e. The van der Waals surface area contributed by atoms with Crippen molar-refractivity contribution in [2.75, 3.05) is 13.2 Å². The first-order chi connectivity index (χ1) is 11.7. The zero-order valence-corrected chi connectivity index (χ0v) is 14.4. The Bertz CT molecular complexity index is 533. The number of benzene rings is 1. The molecule has 2 amide bonds. The molecule has 1 aromatic rings. The molecule has 5 heteroatoms. The van der Waals surface area contributed by atoms with Crippen LogP contribution in [0.25, 0.3) is 0 Å². The number of nitrogens with zero attached hydrogens (tertiary/aromatic N) is 1. The van der Waals surface area contributed by atoms with Gasteiger partial charge in [-0.15, -0.1) is 0 Å². The van der Waals surface area contributed by atoms with E-state index in [1.807, 2.05) is 30.3 Å². The highest BCUT2D eigenvalue weighted by atomic mass is 16.3. The molecule has 0 radical (unpaired) electrons. The molecule has 2 aliphatic rings. The molecular weight excluding hydrogens is 302 g/mol. The van der Waals surface area contributed by atoms with Crippen LogP contribution in [0.3, 0.4) is 0 Å². The van der Waals surface area contributed by atoms with Crippen LogP contribution in [0.15, 0.2) is 30.3 Å². The van der Waals surface area contributed by atoms with Gasteiger partial charge in [-0.05, 0) is 44.6 Å². The molecule has 1 heterocycles. The summed E-state index contributed by atoms with van der Waals surface area (Å²) in [7, 11) is 0. The second kappa shape index (κ2) is 7.99. The van der Waals surface area contributed by atoms with E-state index in [1.165, 1.54) is 12.8 Å². The number of carbonyl (C=O) groups excluding carboxylic acids is 1. The molecule has 3 N–H and O–H groups in total. The van der Waals surface area contributed by atoms with Crippen LogP contribution >= 0.6 is 0 Å². The van der Waals surface area contributed by atoms with Crippen LogP contribution in [0, 0.1) is 0 Å². The van der Waals surface area contributed by atoms with Crippen LogP contribution in [-0.4, -0.2) is 47.3 Å². The summed E-state index contributed by atoms with van der Waals surface area (Å²) < 4.78 is 0. The second-order valence-corrected chi connectivity index (χ2v) is 7.16. The van der Waals surface area contributed by atoms with Gasteiger partial charge in [-0.3, -0.25) is 4.90 Å². The van der Waals surface area contributed by atoms with Gasteiger partial charge in [-0.2, -0.15) is 0 Å². The minimum Gasteiger partial charge on any atom is -0.396 e. The van der Waals surface area contributed by atoms with Crippen molar-refractivity contribution >= 4 is 6.03 Å². The Morgan fingerprint density at radius 2 is 2.08 bits per heavy atom. The molecule has 1 saturated carbocycles. The van der Waals surface area contributed by atoms with Crippen molar-refractivity contribution in [3.63, 3.8) is 0 Å². The number of carbonyl (C=O) groups is 1. The van der Waals surface area contributed by atoms with Crippen LogP contribution in [0.2, 0.25) is 0 Å². The van der Waals surface area contributed by atoms with Crippen LogP contribution < -0.4 is 10.6 Å². The van der Waals surface area contributed by atoms with Crippen LogP contribution in [0.5, 0.6) is 0 Å². The molecule has 24 heavy (non-hydrogen) atoms. The van der Waals surface area contributed by atoms with Crippen molar-refractivity contribution in [1.29, 1.82) is 0 Å². The second-order valence-electron chi connectivity index (χ2n) is 7.16. The number of rotatable bonds is 7. The highest BCUT2D eigenvalue weighted by Gasteiger charge is 2.39. The fourth-order valence-corrected chi connectivity index (χ4v) is 3.76. The van der Waals surface area contributed by atoms with Crippen LogP contribution in [-0.2, 0) is 0 Å². The number of hydrogen-bond donors (Lipinski definition) is 3. The van der Waals surface area contributed by atoms with E-state index >= 15 is 0 Å². The summed E-state index contributed by atoms with van der Waals surface area (Å²) in [5.41, 5.74) is 1.08. The molecule has 5 nitrogen and oxygen atoms in total. The lowest BCUT2D eigenvalue weighted by Gasteiger charge is -2.22. The smallest absolute Gasteiger partial charge is 0.315 e.